The molecule has 1 saturated heterocycles. The summed E-state index contributed by atoms with van der Waals surface area (Å²) in [5, 5.41) is 5.96. The van der Waals surface area contributed by atoms with Crippen LogP contribution in [-0.4, -0.2) is 49.4 Å². The average molecular weight is 281 g/mol. The predicted molar refractivity (Wildman–Crippen MR) is 78.2 cm³/mol. The standard InChI is InChI=1S/C15H27N3O2/c1-12-3-2-4-13(11-12)5-6-17-14(19)15(20)18-9-7-16-8-10-18/h12-13,16H,2-11H2,1H3,(H,17,19). The molecule has 0 spiro atoms. The van der Waals surface area contributed by atoms with Gasteiger partial charge in [-0.25, -0.2) is 0 Å². The van der Waals surface area contributed by atoms with Crippen LogP contribution in [-0.2, 0) is 9.59 Å². The van der Waals surface area contributed by atoms with Crippen molar-refractivity contribution < 1.29 is 9.59 Å². The van der Waals surface area contributed by atoms with Gasteiger partial charge in [-0.05, 0) is 24.7 Å². The first-order chi connectivity index (χ1) is 9.66. The van der Waals surface area contributed by atoms with Gasteiger partial charge in [-0.15, -0.1) is 0 Å². The minimum Gasteiger partial charge on any atom is -0.348 e. The number of nitrogens with one attached hydrogen (secondary N) is 2. The molecule has 0 aromatic heterocycles. The highest BCUT2D eigenvalue weighted by Gasteiger charge is 2.23. The zero-order valence-corrected chi connectivity index (χ0v) is 12.5. The molecule has 0 aromatic rings. The van der Waals surface area contributed by atoms with Gasteiger partial charge in [0, 0.05) is 32.7 Å². The van der Waals surface area contributed by atoms with Crippen LogP contribution < -0.4 is 10.6 Å². The maximum atomic E-state index is 11.9. The van der Waals surface area contributed by atoms with E-state index in [-0.39, 0.29) is 5.91 Å². The van der Waals surface area contributed by atoms with Crippen LogP contribution in [0, 0.1) is 11.8 Å². The number of amides is 2. The van der Waals surface area contributed by atoms with Crippen molar-refractivity contribution in [2.24, 2.45) is 11.8 Å². The molecule has 0 radical (unpaired) electrons. The quantitative estimate of drug-likeness (QED) is 0.751. The topological polar surface area (TPSA) is 61.4 Å². The molecule has 1 saturated carbocycles. The summed E-state index contributed by atoms with van der Waals surface area (Å²) >= 11 is 0. The van der Waals surface area contributed by atoms with Gasteiger partial charge in [-0.1, -0.05) is 26.2 Å². The Morgan fingerprint density at radius 1 is 1.25 bits per heavy atom. The van der Waals surface area contributed by atoms with Gasteiger partial charge in [0.1, 0.15) is 0 Å². The van der Waals surface area contributed by atoms with E-state index in [1.165, 1.54) is 25.7 Å². The molecule has 2 fully saturated rings. The van der Waals surface area contributed by atoms with Crippen LogP contribution in [0.4, 0.5) is 0 Å². The lowest BCUT2D eigenvalue weighted by atomic mass is 9.81. The van der Waals surface area contributed by atoms with E-state index in [0.717, 1.165) is 25.4 Å². The maximum Gasteiger partial charge on any atom is 0.311 e. The number of piperazine rings is 1. The van der Waals surface area contributed by atoms with Crippen molar-refractivity contribution in [3.05, 3.63) is 0 Å². The maximum absolute atomic E-state index is 11.9. The van der Waals surface area contributed by atoms with Gasteiger partial charge in [0.2, 0.25) is 0 Å². The van der Waals surface area contributed by atoms with Gasteiger partial charge in [0.05, 0.1) is 0 Å². The van der Waals surface area contributed by atoms with Crippen molar-refractivity contribution in [1.29, 1.82) is 0 Å². The molecule has 1 aliphatic heterocycles. The van der Waals surface area contributed by atoms with Crippen LogP contribution in [0.1, 0.15) is 39.0 Å². The highest BCUT2D eigenvalue weighted by molar-refractivity contribution is 6.35. The number of carbonyl (C=O) groups excluding carboxylic acids is 2. The van der Waals surface area contributed by atoms with E-state index in [1.807, 2.05) is 0 Å². The Hall–Kier alpha value is -1.10. The van der Waals surface area contributed by atoms with Gasteiger partial charge >= 0.3 is 11.8 Å². The van der Waals surface area contributed by atoms with Crippen molar-refractivity contribution in [1.82, 2.24) is 15.5 Å². The van der Waals surface area contributed by atoms with Gasteiger partial charge in [-0.3, -0.25) is 9.59 Å². The van der Waals surface area contributed by atoms with E-state index >= 15 is 0 Å². The van der Waals surface area contributed by atoms with Crippen LogP contribution in [0.5, 0.6) is 0 Å². The first-order valence-electron chi connectivity index (χ1n) is 7.94. The lowest BCUT2D eigenvalue weighted by Crippen LogP contribution is -2.51. The minimum atomic E-state index is -0.434. The number of carbonyl (C=O) groups is 2. The highest BCUT2D eigenvalue weighted by atomic mass is 16.2. The molecule has 2 atom stereocenters. The second-order valence-electron chi connectivity index (χ2n) is 6.22. The summed E-state index contributed by atoms with van der Waals surface area (Å²) in [7, 11) is 0. The minimum absolute atomic E-state index is 0.372. The largest absolute Gasteiger partial charge is 0.348 e. The summed E-state index contributed by atoms with van der Waals surface area (Å²) in [5.74, 6) is 0.722. The summed E-state index contributed by atoms with van der Waals surface area (Å²) in [5.41, 5.74) is 0. The van der Waals surface area contributed by atoms with Gasteiger partial charge in [0.15, 0.2) is 0 Å². The van der Waals surface area contributed by atoms with Gasteiger partial charge in [-0.2, -0.15) is 0 Å². The molecule has 20 heavy (non-hydrogen) atoms. The van der Waals surface area contributed by atoms with E-state index in [4.69, 9.17) is 0 Å². The molecular formula is C15H27N3O2. The predicted octanol–water partition coefficient (Wildman–Crippen LogP) is 0.751. The summed E-state index contributed by atoms with van der Waals surface area (Å²) in [4.78, 5) is 25.4. The van der Waals surface area contributed by atoms with E-state index < -0.39 is 5.91 Å². The lowest BCUT2D eigenvalue weighted by Gasteiger charge is -2.28. The Morgan fingerprint density at radius 2 is 2.00 bits per heavy atom. The van der Waals surface area contributed by atoms with E-state index in [2.05, 4.69) is 17.6 Å². The van der Waals surface area contributed by atoms with Gasteiger partial charge in [0.25, 0.3) is 0 Å². The Morgan fingerprint density at radius 3 is 2.70 bits per heavy atom. The fourth-order valence-electron chi connectivity index (χ4n) is 3.30. The van der Waals surface area contributed by atoms with Crippen molar-refractivity contribution >= 4 is 11.8 Å². The van der Waals surface area contributed by atoms with Crippen molar-refractivity contribution in [2.45, 2.75) is 39.0 Å². The molecule has 1 aliphatic carbocycles. The molecular weight excluding hydrogens is 254 g/mol. The Balaban J connectivity index is 1.65. The monoisotopic (exact) mass is 281 g/mol. The number of nitrogens with zero attached hydrogens (tertiary/aromatic N) is 1. The first-order valence-corrected chi connectivity index (χ1v) is 7.94. The van der Waals surface area contributed by atoms with Crippen LogP contribution in [0.25, 0.3) is 0 Å². The summed E-state index contributed by atoms with van der Waals surface area (Å²) in [6, 6.07) is 0. The second kappa shape index (κ2) is 7.62. The first kappa shape index (κ1) is 15.3. The number of hydrogen-bond acceptors (Lipinski definition) is 3. The average Bonchev–Trinajstić information content (AvgIpc) is 2.47. The van der Waals surface area contributed by atoms with Crippen LogP contribution in [0.2, 0.25) is 0 Å². The Bertz CT molecular complexity index is 340. The molecule has 2 aliphatic rings. The fourth-order valence-corrected chi connectivity index (χ4v) is 3.30. The molecule has 0 bridgehead atoms. The van der Waals surface area contributed by atoms with Crippen molar-refractivity contribution in [3.8, 4) is 0 Å². The number of hydrogen-bond donors (Lipinski definition) is 2. The summed E-state index contributed by atoms with van der Waals surface area (Å²) in [6.07, 6.45) is 6.18. The van der Waals surface area contributed by atoms with E-state index in [0.29, 0.717) is 25.6 Å². The third-order valence-corrected chi connectivity index (χ3v) is 4.48. The molecule has 2 amide bonds. The van der Waals surface area contributed by atoms with Crippen LogP contribution in [0.3, 0.4) is 0 Å². The Labute approximate surface area is 121 Å². The van der Waals surface area contributed by atoms with Gasteiger partial charge < -0.3 is 15.5 Å². The molecule has 2 unspecified atom stereocenters. The molecule has 2 rings (SSSR count). The smallest absolute Gasteiger partial charge is 0.311 e. The highest BCUT2D eigenvalue weighted by Crippen LogP contribution is 2.30. The van der Waals surface area contributed by atoms with Crippen molar-refractivity contribution in [2.75, 3.05) is 32.7 Å². The molecule has 1 heterocycles. The third kappa shape index (κ3) is 4.47. The number of rotatable bonds is 3. The van der Waals surface area contributed by atoms with Crippen LogP contribution >= 0.6 is 0 Å². The zero-order valence-electron chi connectivity index (χ0n) is 12.5. The molecule has 2 N–H and O–H groups in total. The second-order valence-corrected chi connectivity index (χ2v) is 6.22. The van der Waals surface area contributed by atoms with Crippen molar-refractivity contribution in [3.63, 3.8) is 0 Å². The molecule has 114 valence electrons. The van der Waals surface area contributed by atoms with E-state index in [1.54, 1.807) is 4.90 Å². The SMILES string of the molecule is CC1CCCC(CCNC(=O)C(=O)N2CCNCC2)C1. The molecule has 5 nitrogen and oxygen atoms in total. The molecule has 0 aromatic carbocycles. The lowest BCUT2D eigenvalue weighted by molar-refractivity contribution is -0.146. The zero-order chi connectivity index (χ0) is 14.4. The third-order valence-electron chi connectivity index (χ3n) is 4.48. The summed E-state index contributed by atoms with van der Waals surface area (Å²) < 4.78 is 0. The van der Waals surface area contributed by atoms with Crippen LogP contribution in [0.15, 0.2) is 0 Å². The normalized spacial score (nSPS) is 27.1. The summed E-state index contributed by atoms with van der Waals surface area (Å²) in [6.45, 7) is 5.75. The molecule has 5 heteroatoms. The fraction of sp³-hybridized carbons (Fsp3) is 0.867. The Kier molecular flexibility index (Phi) is 5.83. The van der Waals surface area contributed by atoms with E-state index in [9.17, 15) is 9.59 Å².